The molecule has 25 heavy (non-hydrogen) atoms. The number of carbonyl (C=O) groups is 1. The highest BCUT2D eigenvalue weighted by Gasteiger charge is 2.02. The number of hydrogen-bond donors (Lipinski definition) is 3. The summed E-state index contributed by atoms with van der Waals surface area (Å²) in [7, 11) is 0. The van der Waals surface area contributed by atoms with Crippen LogP contribution in [-0.2, 0) is 11.3 Å². The minimum Gasteiger partial charge on any atom is -0.370 e. The standard InChI is InChI=1S/C19H24N4O.HI/c1-3-6-18(24)22-17-10-5-8-15(12-17)13-21-19(20)23-16-9-4-7-14(2)11-16;/h4-5,7-12H,3,6,13H2,1-2H3,(H,22,24)(H3,20,21,23);1H. The Hall–Kier alpha value is -2.09. The molecule has 6 heteroatoms. The largest absolute Gasteiger partial charge is 0.370 e. The molecule has 0 atom stereocenters. The molecule has 0 bridgehead atoms. The van der Waals surface area contributed by atoms with Crippen LogP contribution in [0.2, 0.25) is 0 Å². The van der Waals surface area contributed by atoms with E-state index in [1.165, 1.54) is 0 Å². The van der Waals surface area contributed by atoms with Crippen molar-refractivity contribution in [3.05, 3.63) is 59.7 Å². The summed E-state index contributed by atoms with van der Waals surface area (Å²) < 4.78 is 0. The first-order chi connectivity index (χ1) is 11.6. The van der Waals surface area contributed by atoms with E-state index < -0.39 is 0 Å². The van der Waals surface area contributed by atoms with E-state index in [9.17, 15) is 4.79 Å². The molecule has 4 N–H and O–H groups in total. The first-order valence-corrected chi connectivity index (χ1v) is 8.09. The second-order valence-electron chi connectivity index (χ2n) is 5.69. The van der Waals surface area contributed by atoms with Crippen LogP contribution in [-0.4, -0.2) is 11.9 Å². The Kier molecular flexibility index (Phi) is 8.98. The summed E-state index contributed by atoms with van der Waals surface area (Å²) in [5, 5.41) is 5.96. The van der Waals surface area contributed by atoms with Gasteiger partial charge in [-0.25, -0.2) is 4.99 Å². The van der Waals surface area contributed by atoms with E-state index in [0.29, 0.717) is 18.9 Å². The molecule has 0 heterocycles. The fraction of sp³-hybridized carbons (Fsp3) is 0.263. The SMILES string of the molecule is CCCC(=O)Nc1cccc(CN=C(N)Nc2cccc(C)c2)c1.I. The van der Waals surface area contributed by atoms with Gasteiger partial charge in [-0.2, -0.15) is 0 Å². The molecule has 0 fully saturated rings. The predicted molar refractivity (Wildman–Crippen MR) is 116 cm³/mol. The van der Waals surface area contributed by atoms with Crippen molar-refractivity contribution < 1.29 is 4.79 Å². The molecule has 1 amide bonds. The lowest BCUT2D eigenvalue weighted by molar-refractivity contribution is -0.116. The van der Waals surface area contributed by atoms with Gasteiger partial charge in [0.25, 0.3) is 0 Å². The Morgan fingerprint density at radius 2 is 1.76 bits per heavy atom. The first-order valence-electron chi connectivity index (χ1n) is 8.09. The van der Waals surface area contributed by atoms with Gasteiger partial charge in [0.1, 0.15) is 0 Å². The van der Waals surface area contributed by atoms with Gasteiger partial charge in [-0.15, -0.1) is 24.0 Å². The summed E-state index contributed by atoms with van der Waals surface area (Å²) in [6.07, 6.45) is 1.35. The number of nitrogens with two attached hydrogens (primary N) is 1. The average Bonchev–Trinajstić information content (AvgIpc) is 2.53. The van der Waals surface area contributed by atoms with Crippen molar-refractivity contribution in [2.45, 2.75) is 33.2 Å². The molecule has 0 saturated heterocycles. The van der Waals surface area contributed by atoms with Crippen molar-refractivity contribution in [3.8, 4) is 0 Å². The predicted octanol–water partition coefficient (Wildman–Crippen LogP) is 4.28. The number of nitrogens with zero attached hydrogens (tertiary/aromatic N) is 1. The van der Waals surface area contributed by atoms with Crippen LogP contribution in [0.4, 0.5) is 11.4 Å². The van der Waals surface area contributed by atoms with Crippen molar-refractivity contribution >= 4 is 47.2 Å². The number of halogens is 1. The van der Waals surface area contributed by atoms with Crippen LogP contribution in [0, 0.1) is 6.92 Å². The summed E-state index contributed by atoms with van der Waals surface area (Å²) in [4.78, 5) is 16.0. The molecule has 0 aromatic heterocycles. The lowest BCUT2D eigenvalue weighted by Gasteiger charge is -2.08. The van der Waals surface area contributed by atoms with Gasteiger partial charge in [-0.3, -0.25) is 4.79 Å². The van der Waals surface area contributed by atoms with Gasteiger partial charge >= 0.3 is 0 Å². The van der Waals surface area contributed by atoms with E-state index in [0.717, 1.165) is 28.9 Å². The maximum absolute atomic E-state index is 11.7. The number of rotatable bonds is 6. The molecule has 2 aromatic rings. The summed E-state index contributed by atoms with van der Waals surface area (Å²) >= 11 is 0. The van der Waals surface area contributed by atoms with Crippen LogP contribution >= 0.6 is 24.0 Å². The number of nitrogens with one attached hydrogen (secondary N) is 2. The molecule has 0 saturated carbocycles. The third-order valence-corrected chi connectivity index (χ3v) is 3.41. The minimum atomic E-state index is 0. The third kappa shape index (κ3) is 7.55. The van der Waals surface area contributed by atoms with Gasteiger partial charge in [-0.05, 0) is 48.7 Å². The van der Waals surface area contributed by atoms with Gasteiger partial charge in [0.15, 0.2) is 5.96 Å². The van der Waals surface area contributed by atoms with Crippen LogP contribution in [0.15, 0.2) is 53.5 Å². The van der Waals surface area contributed by atoms with Crippen LogP contribution in [0.3, 0.4) is 0 Å². The molecule has 0 unspecified atom stereocenters. The van der Waals surface area contributed by atoms with Crippen molar-refractivity contribution in [1.29, 1.82) is 0 Å². The van der Waals surface area contributed by atoms with Gasteiger partial charge < -0.3 is 16.4 Å². The highest BCUT2D eigenvalue weighted by molar-refractivity contribution is 14.0. The molecule has 0 aliphatic heterocycles. The molecule has 134 valence electrons. The summed E-state index contributed by atoms with van der Waals surface area (Å²) in [5.74, 6) is 0.389. The average molecular weight is 452 g/mol. The van der Waals surface area contributed by atoms with Crippen molar-refractivity contribution in [1.82, 2.24) is 0 Å². The number of carbonyl (C=O) groups excluding carboxylic acids is 1. The molecular formula is C19H25IN4O. The lowest BCUT2D eigenvalue weighted by atomic mass is 10.2. The molecule has 0 radical (unpaired) electrons. The fourth-order valence-electron chi connectivity index (χ4n) is 2.28. The van der Waals surface area contributed by atoms with Gasteiger partial charge in [0.05, 0.1) is 6.54 Å². The van der Waals surface area contributed by atoms with Crippen LogP contribution < -0.4 is 16.4 Å². The number of hydrogen-bond acceptors (Lipinski definition) is 2. The number of amides is 1. The maximum Gasteiger partial charge on any atom is 0.224 e. The van der Waals surface area contributed by atoms with Gasteiger partial charge in [-0.1, -0.05) is 31.2 Å². The number of guanidine groups is 1. The summed E-state index contributed by atoms with van der Waals surface area (Å²) in [6.45, 7) is 4.45. The van der Waals surface area contributed by atoms with Crippen LogP contribution in [0.5, 0.6) is 0 Å². The monoisotopic (exact) mass is 452 g/mol. The number of benzene rings is 2. The van der Waals surface area contributed by atoms with Crippen molar-refractivity contribution in [2.75, 3.05) is 10.6 Å². The normalized spacial score (nSPS) is 10.7. The minimum absolute atomic E-state index is 0. The Labute approximate surface area is 166 Å². The van der Waals surface area contributed by atoms with Gasteiger partial charge in [0.2, 0.25) is 5.91 Å². The molecule has 0 aliphatic carbocycles. The zero-order valence-electron chi connectivity index (χ0n) is 14.6. The van der Waals surface area contributed by atoms with E-state index in [1.54, 1.807) is 0 Å². The van der Waals surface area contributed by atoms with E-state index in [4.69, 9.17) is 5.73 Å². The molecular weight excluding hydrogens is 427 g/mol. The van der Waals surface area contributed by atoms with Crippen LogP contribution in [0.1, 0.15) is 30.9 Å². The first kappa shape index (κ1) is 21.0. The second kappa shape index (κ2) is 10.7. The molecule has 0 spiro atoms. The number of aryl methyl sites for hydroxylation is 1. The topological polar surface area (TPSA) is 79.5 Å². The van der Waals surface area contributed by atoms with E-state index in [1.807, 2.05) is 62.4 Å². The number of aliphatic imine (C=N–C) groups is 1. The van der Waals surface area contributed by atoms with E-state index in [2.05, 4.69) is 15.6 Å². The van der Waals surface area contributed by atoms with Crippen molar-refractivity contribution in [3.63, 3.8) is 0 Å². The maximum atomic E-state index is 11.7. The summed E-state index contributed by atoms with van der Waals surface area (Å²) in [6, 6.07) is 15.6. The molecule has 5 nitrogen and oxygen atoms in total. The van der Waals surface area contributed by atoms with E-state index >= 15 is 0 Å². The Bertz CT molecular complexity index is 731. The molecule has 2 aromatic carbocycles. The zero-order valence-corrected chi connectivity index (χ0v) is 16.9. The molecule has 0 aliphatic rings. The Balaban J connectivity index is 0.00000312. The fourth-order valence-corrected chi connectivity index (χ4v) is 2.28. The highest BCUT2D eigenvalue weighted by atomic mass is 127. The lowest BCUT2D eigenvalue weighted by Crippen LogP contribution is -2.22. The van der Waals surface area contributed by atoms with E-state index in [-0.39, 0.29) is 29.9 Å². The Morgan fingerprint density at radius 3 is 2.44 bits per heavy atom. The highest BCUT2D eigenvalue weighted by Crippen LogP contribution is 2.13. The Morgan fingerprint density at radius 1 is 1.08 bits per heavy atom. The smallest absolute Gasteiger partial charge is 0.224 e. The number of anilines is 2. The van der Waals surface area contributed by atoms with Crippen LogP contribution in [0.25, 0.3) is 0 Å². The van der Waals surface area contributed by atoms with Gasteiger partial charge in [0, 0.05) is 17.8 Å². The zero-order chi connectivity index (χ0) is 17.4. The second-order valence-corrected chi connectivity index (χ2v) is 5.69. The molecule has 2 rings (SSSR count). The van der Waals surface area contributed by atoms with Crippen molar-refractivity contribution in [2.24, 2.45) is 10.7 Å². The summed E-state index contributed by atoms with van der Waals surface area (Å²) in [5.41, 5.74) is 9.77. The quantitative estimate of drug-likeness (QED) is 0.348. The third-order valence-electron chi connectivity index (χ3n) is 3.41.